The molecule has 1 heterocycles. The van der Waals surface area contributed by atoms with Gasteiger partial charge in [-0.2, -0.15) is 0 Å². The van der Waals surface area contributed by atoms with Crippen LogP contribution in [0, 0.1) is 18.8 Å². The van der Waals surface area contributed by atoms with E-state index >= 15 is 0 Å². The van der Waals surface area contributed by atoms with Crippen LogP contribution in [0.2, 0.25) is 5.02 Å². The van der Waals surface area contributed by atoms with Gasteiger partial charge >= 0.3 is 7.12 Å². The van der Waals surface area contributed by atoms with Gasteiger partial charge in [0.1, 0.15) is 0 Å². The van der Waals surface area contributed by atoms with Crippen LogP contribution < -0.4 is 5.46 Å². The molecule has 1 saturated heterocycles. The third-order valence-electron chi connectivity index (χ3n) is 7.01. The van der Waals surface area contributed by atoms with Crippen molar-refractivity contribution in [2.75, 3.05) is 0 Å². The summed E-state index contributed by atoms with van der Waals surface area (Å²) >= 11 is 6.74. The maximum Gasteiger partial charge on any atom is 0.495 e. The molecule has 4 rings (SSSR count). The zero-order valence-corrected chi connectivity index (χ0v) is 16.5. The molecule has 2 atom stereocenters. The van der Waals surface area contributed by atoms with E-state index in [-0.39, 0.29) is 23.7 Å². The number of aryl methyl sites for hydroxylation is 1. The summed E-state index contributed by atoms with van der Waals surface area (Å²) in [6, 6.07) is 4.37. The van der Waals surface area contributed by atoms with Crippen LogP contribution in [-0.4, -0.2) is 18.3 Å². The molecule has 4 heteroatoms. The van der Waals surface area contributed by atoms with Crippen LogP contribution in [0.25, 0.3) is 0 Å². The first kappa shape index (κ1) is 16.9. The Morgan fingerprint density at radius 2 is 1.54 bits per heavy atom. The van der Waals surface area contributed by atoms with Crippen molar-refractivity contribution in [1.29, 1.82) is 0 Å². The van der Waals surface area contributed by atoms with Gasteiger partial charge in [-0.15, -0.1) is 0 Å². The second-order valence-electron chi connectivity index (χ2n) is 9.50. The van der Waals surface area contributed by atoms with E-state index in [2.05, 4.69) is 53.7 Å². The Labute approximate surface area is 151 Å². The van der Waals surface area contributed by atoms with Crippen molar-refractivity contribution >= 4 is 24.2 Å². The van der Waals surface area contributed by atoms with Crippen LogP contribution in [0.1, 0.15) is 65.0 Å². The normalized spacial score (nSPS) is 36.0. The fraction of sp³-hybridized carbons (Fsp3) is 0.700. The molecule has 2 unspecified atom stereocenters. The van der Waals surface area contributed by atoms with Crippen molar-refractivity contribution in [3.05, 3.63) is 28.3 Å². The minimum atomic E-state index is -0.341. The summed E-state index contributed by atoms with van der Waals surface area (Å²) in [5.41, 5.74) is 3.18. The summed E-state index contributed by atoms with van der Waals surface area (Å²) in [7, 11) is -0.341. The van der Waals surface area contributed by atoms with Crippen LogP contribution in [-0.2, 0) is 14.7 Å². The van der Waals surface area contributed by atoms with E-state index in [1.54, 1.807) is 0 Å². The van der Waals surface area contributed by atoms with Gasteiger partial charge in [0, 0.05) is 5.02 Å². The first-order chi connectivity index (χ1) is 11.0. The average molecular weight is 347 g/mol. The SMILES string of the molecule is Cc1cc(C2(C)CC3CC3C2)c(Cl)cc1B1OC(C)(C)C(C)(C)O1. The summed E-state index contributed by atoms with van der Waals surface area (Å²) in [4.78, 5) is 0. The van der Waals surface area contributed by atoms with Gasteiger partial charge in [-0.1, -0.05) is 30.2 Å². The van der Waals surface area contributed by atoms with Crippen LogP contribution in [0.5, 0.6) is 0 Å². The molecule has 3 aliphatic rings. The maximum atomic E-state index is 6.74. The number of hydrogen-bond donors (Lipinski definition) is 0. The quantitative estimate of drug-likeness (QED) is 0.727. The molecule has 130 valence electrons. The van der Waals surface area contributed by atoms with E-state index in [1.165, 1.54) is 30.4 Å². The molecule has 2 saturated carbocycles. The molecule has 3 fully saturated rings. The number of fused-ring (bicyclic) bond motifs is 1. The monoisotopic (exact) mass is 346 g/mol. The van der Waals surface area contributed by atoms with Gasteiger partial charge in [-0.3, -0.25) is 0 Å². The van der Waals surface area contributed by atoms with Gasteiger partial charge in [0.2, 0.25) is 0 Å². The molecule has 1 aromatic rings. The lowest BCUT2D eigenvalue weighted by atomic mass is 9.72. The van der Waals surface area contributed by atoms with Crippen molar-refractivity contribution in [3.8, 4) is 0 Å². The number of rotatable bonds is 2. The van der Waals surface area contributed by atoms with Crippen LogP contribution in [0.4, 0.5) is 0 Å². The van der Waals surface area contributed by atoms with Crippen molar-refractivity contribution in [2.24, 2.45) is 11.8 Å². The Morgan fingerprint density at radius 3 is 2.08 bits per heavy atom. The molecule has 24 heavy (non-hydrogen) atoms. The molecule has 0 spiro atoms. The van der Waals surface area contributed by atoms with Crippen LogP contribution >= 0.6 is 11.6 Å². The van der Waals surface area contributed by atoms with Crippen molar-refractivity contribution in [3.63, 3.8) is 0 Å². The molecule has 0 aromatic heterocycles. The predicted molar refractivity (Wildman–Crippen MR) is 100 cm³/mol. The lowest BCUT2D eigenvalue weighted by molar-refractivity contribution is 0.00578. The van der Waals surface area contributed by atoms with Crippen molar-refractivity contribution in [2.45, 2.75) is 77.4 Å². The van der Waals surface area contributed by atoms with E-state index in [0.717, 1.165) is 22.3 Å². The number of hydrogen-bond acceptors (Lipinski definition) is 2. The van der Waals surface area contributed by atoms with Crippen molar-refractivity contribution in [1.82, 2.24) is 0 Å². The molecular formula is C20H28BClO2. The largest absolute Gasteiger partial charge is 0.495 e. The van der Waals surface area contributed by atoms with Crippen LogP contribution in [0.15, 0.2) is 12.1 Å². The van der Waals surface area contributed by atoms with Gasteiger partial charge in [0.25, 0.3) is 0 Å². The zero-order chi connectivity index (χ0) is 17.5. The summed E-state index contributed by atoms with van der Waals surface area (Å²) < 4.78 is 12.4. The first-order valence-corrected chi connectivity index (χ1v) is 9.56. The molecule has 1 aliphatic heterocycles. The van der Waals surface area contributed by atoms with Crippen molar-refractivity contribution < 1.29 is 9.31 Å². The van der Waals surface area contributed by atoms with E-state index < -0.39 is 0 Å². The zero-order valence-electron chi connectivity index (χ0n) is 15.7. The lowest BCUT2D eigenvalue weighted by Crippen LogP contribution is -2.41. The molecule has 1 aromatic carbocycles. The van der Waals surface area contributed by atoms with Gasteiger partial charge < -0.3 is 9.31 Å². The third kappa shape index (κ3) is 2.47. The Morgan fingerprint density at radius 1 is 1.00 bits per heavy atom. The predicted octanol–water partition coefficient (Wildman–Crippen LogP) is 4.64. The second kappa shape index (κ2) is 5.02. The van der Waals surface area contributed by atoms with Gasteiger partial charge in [-0.05, 0) is 88.2 Å². The highest BCUT2D eigenvalue weighted by atomic mass is 35.5. The van der Waals surface area contributed by atoms with E-state index in [9.17, 15) is 0 Å². The fourth-order valence-corrected chi connectivity index (χ4v) is 5.05. The second-order valence-corrected chi connectivity index (χ2v) is 9.91. The molecule has 2 aliphatic carbocycles. The number of benzene rings is 1. The Hall–Kier alpha value is -0.505. The fourth-order valence-electron chi connectivity index (χ4n) is 4.65. The standard InChI is InChI=1S/C20H28BClO2/c1-12-7-15(20(6)10-13-8-14(13)11-20)17(22)9-16(12)21-23-18(2,3)19(4,5)24-21/h7,9,13-14H,8,10-11H2,1-6H3. The minimum absolute atomic E-state index is 0.240. The highest BCUT2D eigenvalue weighted by Crippen LogP contribution is 2.61. The average Bonchev–Trinajstić information content (AvgIpc) is 2.99. The molecule has 0 radical (unpaired) electrons. The Bertz CT molecular complexity index is 671. The highest BCUT2D eigenvalue weighted by Gasteiger charge is 2.54. The van der Waals surface area contributed by atoms with Gasteiger partial charge in [0.05, 0.1) is 11.2 Å². The lowest BCUT2D eigenvalue weighted by Gasteiger charge is -2.32. The Balaban J connectivity index is 1.66. The third-order valence-corrected chi connectivity index (χ3v) is 7.32. The molecular weight excluding hydrogens is 318 g/mol. The maximum absolute atomic E-state index is 6.74. The summed E-state index contributed by atoms with van der Waals surface area (Å²) in [5.74, 6) is 1.88. The topological polar surface area (TPSA) is 18.5 Å². The molecule has 0 amide bonds. The summed E-state index contributed by atoms with van der Waals surface area (Å²) in [6.45, 7) is 12.9. The summed E-state index contributed by atoms with van der Waals surface area (Å²) in [5, 5.41) is 0.870. The number of halogens is 1. The minimum Gasteiger partial charge on any atom is -0.399 e. The molecule has 2 nitrogen and oxygen atoms in total. The van der Waals surface area contributed by atoms with E-state index in [1.807, 2.05) is 0 Å². The van der Waals surface area contributed by atoms with Crippen LogP contribution in [0.3, 0.4) is 0 Å². The van der Waals surface area contributed by atoms with Gasteiger partial charge in [0.15, 0.2) is 0 Å². The Kier molecular flexibility index (Phi) is 3.54. The molecule has 0 bridgehead atoms. The molecule has 0 N–H and O–H groups in total. The van der Waals surface area contributed by atoms with E-state index in [4.69, 9.17) is 20.9 Å². The highest BCUT2D eigenvalue weighted by molar-refractivity contribution is 6.63. The van der Waals surface area contributed by atoms with E-state index in [0.29, 0.717) is 0 Å². The smallest absolute Gasteiger partial charge is 0.399 e. The first-order valence-electron chi connectivity index (χ1n) is 9.19. The summed E-state index contributed by atoms with van der Waals surface area (Å²) in [6.07, 6.45) is 4.00. The van der Waals surface area contributed by atoms with Gasteiger partial charge in [-0.25, -0.2) is 0 Å².